The SMILES string of the molecule is Cc1cc(CNC2CC2)cc(S(=O)(=O)NC2CC2)c1Br. The number of rotatable bonds is 6. The van der Waals surface area contributed by atoms with Crippen molar-refractivity contribution in [2.75, 3.05) is 0 Å². The van der Waals surface area contributed by atoms with Crippen LogP contribution in [-0.2, 0) is 16.6 Å². The lowest BCUT2D eigenvalue weighted by Crippen LogP contribution is -2.26. The second-order valence-electron chi connectivity index (χ2n) is 5.78. The topological polar surface area (TPSA) is 58.2 Å². The van der Waals surface area contributed by atoms with Crippen LogP contribution in [0.3, 0.4) is 0 Å². The van der Waals surface area contributed by atoms with Gasteiger partial charge in [-0.1, -0.05) is 6.07 Å². The Kier molecular flexibility index (Phi) is 3.92. The lowest BCUT2D eigenvalue weighted by Gasteiger charge is -2.13. The zero-order valence-electron chi connectivity index (χ0n) is 11.4. The lowest BCUT2D eigenvalue weighted by atomic mass is 10.1. The Labute approximate surface area is 128 Å². The van der Waals surface area contributed by atoms with Crippen molar-refractivity contribution in [2.45, 2.75) is 56.1 Å². The molecule has 0 spiro atoms. The van der Waals surface area contributed by atoms with Gasteiger partial charge < -0.3 is 5.32 Å². The standard InChI is InChI=1S/C14H19BrN2O2S/c1-9-6-10(8-16-11-2-3-11)7-13(14(9)15)20(18,19)17-12-4-5-12/h6-7,11-12,16-17H,2-5,8H2,1H3. The van der Waals surface area contributed by atoms with Crippen LogP contribution in [0.1, 0.15) is 36.8 Å². The zero-order chi connectivity index (χ0) is 14.3. The Balaban J connectivity index is 1.86. The molecule has 0 saturated heterocycles. The van der Waals surface area contributed by atoms with Crippen molar-refractivity contribution in [1.29, 1.82) is 0 Å². The van der Waals surface area contributed by atoms with Crippen LogP contribution >= 0.6 is 15.9 Å². The monoisotopic (exact) mass is 358 g/mol. The van der Waals surface area contributed by atoms with E-state index in [4.69, 9.17) is 0 Å². The number of aryl methyl sites for hydroxylation is 1. The summed E-state index contributed by atoms with van der Waals surface area (Å²) in [7, 11) is -3.42. The summed E-state index contributed by atoms with van der Waals surface area (Å²) >= 11 is 3.41. The van der Waals surface area contributed by atoms with E-state index in [0.29, 0.717) is 15.4 Å². The molecule has 0 heterocycles. The van der Waals surface area contributed by atoms with Crippen molar-refractivity contribution in [3.63, 3.8) is 0 Å². The van der Waals surface area contributed by atoms with Gasteiger partial charge >= 0.3 is 0 Å². The molecule has 3 rings (SSSR count). The van der Waals surface area contributed by atoms with E-state index in [1.165, 1.54) is 12.8 Å². The van der Waals surface area contributed by atoms with E-state index in [2.05, 4.69) is 26.0 Å². The molecule has 0 aromatic heterocycles. The third-order valence-corrected chi connectivity index (χ3v) is 6.50. The maximum Gasteiger partial charge on any atom is 0.241 e. The summed E-state index contributed by atoms with van der Waals surface area (Å²) in [5.74, 6) is 0. The third kappa shape index (κ3) is 3.42. The van der Waals surface area contributed by atoms with Gasteiger partial charge in [0, 0.05) is 23.1 Å². The third-order valence-electron chi connectivity index (χ3n) is 3.64. The Bertz CT molecular complexity index is 622. The maximum atomic E-state index is 12.4. The van der Waals surface area contributed by atoms with Crippen LogP contribution in [0.2, 0.25) is 0 Å². The van der Waals surface area contributed by atoms with Crippen molar-refractivity contribution in [2.24, 2.45) is 0 Å². The zero-order valence-corrected chi connectivity index (χ0v) is 13.9. The predicted octanol–water partition coefficient (Wildman–Crippen LogP) is 2.45. The smallest absolute Gasteiger partial charge is 0.241 e. The van der Waals surface area contributed by atoms with E-state index in [9.17, 15) is 8.42 Å². The van der Waals surface area contributed by atoms with E-state index >= 15 is 0 Å². The Morgan fingerprint density at radius 2 is 1.85 bits per heavy atom. The van der Waals surface area contributed by atoms with Crippen LogP contribution in [0.15, 0.2) is 21.5 Å². The predicted molar refractivity (Wildman–Crippen MR) is 82.1 cm³/mol. The van der Waals surface area contributed by atoms with Crippen molar-refractivity contribution in [3.8, 4) is 0 Å². The van der Waals surface area contributed by atoms with E-state index < -0.39 is 10.0 Å². The molecule has 1 aromatic rings. The molecule has 1 aromatic carbocycles. The molecule has 2 saturated carbocycles. The van der Waals surface area contributed by atoms with Crippen molar-refractivity contribution >= 4 is 26.0 Å². The first-order valence-electron chi connectivity index (χ1n) is 7.00. The average Bonchev–Trinajstić information content (AvgIpc) is 3.23. The second kappa shape index (κ2) is 5.40. The number of sulfonamides is 1. The Hall–Kier alpha value is -0.430. The van der Waals surface area contributed by atoms with Crippen LogP contribution < -0.4 is 10.0 Å². The maximum absolute atomic E-state index is 12.4. The van der Waals surface area contributed by atoms with E-state index in [-0.39, 0.29) is 6.04 Å². The molecule has 2 N–H and O–H groups in total. The van der Waals surface area contributed by atoms with E-state index in [1.54, 1.807) is 6.07 Å². The largest absolute Gasteiger partial charge is 0.310 e. The fourth-order valence-electron chi connectivity index (χ4n) is 2.14. The molecule has 4 nitrogen and oxygen atoms in total. The molecule has 0 atom stereocenters. The molecule has 2 aliphatic rings. The number of benzene rings is 1. The molecule has 0 amide bonds. The van der Waals surface area contributed by atoms with Crippen LogP contribution in [0, 0.1) is 6.92 Å². The molecule has 0 aliphatic heterocycles. The summed E-state index contributed by atoms with van der Waals surface area (Å²) in [6.45, 7) is 2.66. The fraction of sp³-hybridized carbons (Fsp3) is 0.571. The first-order chi connectivity index (χ1) is 9.45. The van der Waals surface area contributed by atoms with Crippen LogP contribution in [0.5, 0.6) is 0 Å². The van der Waals surface area contributed by atoms with Gasteiger partial charge in [-0.05, 0) is 65.7 Å². The van der Waals surface area contributed by atoms with Gasteiger partial charge in [0.15, 0.2) is 0 Å². The van der Waals surface area contributed by atoms with Gasteiger partial charge in [0.25, 0.3) is 0 Å². The minimum atomic E-state index is -3.42. The van der Waals surface area contributed by atoms with Gasteiger partial charge in [-0.15, -0.1) is 0 Å². The van der Waals surface area contributed by atoms with Gasteiger partial charge in [-0.25, -0.2) is 13.1 Å². The molecule has 20 heavy (non-hydrogen) atoms. The summed E-state index contributed by atoms with van der Waals surface area (Å²) in [5, 5.41) is 3.42. The van der Waals surface area contributed by atoms with Gasteiger partial charge in [-0.3, -0.25) is 0 Å². The second-order valence-corrected chi connectivity index (χ2v) is 8.25. The van der Waals surface area contributed by atoms with E-state index in [0.717, 1.165) is 30.5 Å². The molecule has 0 bridgehead atoms. The molecule has 6 heteroatoms. The average molecular weight is 359 g/mol. The van der Waals surface area contributed by atoms with E-state index in [1.807, 2.05) is 13.0 Å². The van der Waals surface area contributed by atoms with Gasteiger partial charge in [0.2, 0.25) is 10.0 Å². The van der Waals surface area contributed by atoms with Gasteiger partial charge in [0.05, 0.1) is 4.90 Å². The first-order valence-corrected chi connectivity index (χ1v) is 9.28. The minimum Gasteiger partial charge on any atom is -0.310 e. The number of halogens is 1. The minimum absolute atomic E-state index is 0.125. The van der Waals surface area contributed by atoms with Crippen molar-refractivity contribution in [3.05, 3.63) is 27.7 Å². The molecular weight excluding hydrogens is 340 g/mol. The number of hydrogen-bond donors (Lipinski definition) is 2. The quantitative estimate of drug-likeness (QED) is 0.820. The van der Waals surface area contributed by atoms with Crippen LogP contribution in [0.4, 0.5) is 0 Å². The number of nitrogens with one attached hydrogen (secondary N) is 2. The van der Waals surface area contributed by atoms with Crippen molar-refractivity contribution < 1.29 is 8.42 Å². The normalized spacial score (nSPS) is 19.3. The van der Waals surface area contributed by atoms with Crippen LogP contribution in [0.25, 0.3) is 0 Å². The highest BCUT2D eigenvalue weighted by molar-refractivity contribution is 9.10. The van der Waals surface area contributed by atoms with Crippen LogP contribution in [-0.4, -0.2) is 20.5 Å². The highest BCUT2D eigenvalue weighted by atomic mass is 79.9. The summed E-state index contributed by atoms with van der Waals surface area (Å²) in [6, 6.07) is 4.55. The summed E-state index contributed by atoms with van der Waals surface area (Å²) in [5.41, 5.74) is 1.98. The summed E-state index contributed by atoms with van der Waals surface area (Å²) in [4.78, 5) is 0.358. The molecular formula is C14H19BrN2O2S. The first kappa shape index (κ1) is 14.5. The fourth-order valence-corrected chi connectivity index (χ4v) is 4.51. The van der Waals surface area contributed by atoms with Gasteiger partial charge in [0.1, 0.15) is 0 Å². The Morgan fingerprint density at radius 1 is 1.20 bits per heavy atom. The summed E-state index contributed by atoms with van der Waals surface area (Å²) in [6.07, 6.45) is 4.34. The molecule has 0 radical (unpaired) electrons. The van der Waals surface area contributed by atoms with Crippen molar-refractivity contribution in [1.82, 2.24) is 10.0 Å². The molecule has 0 unspecified atom stereocenters. The highest BCUT2D eigenvalue weighted by Gasteiger charge is 2.29. The summed E-state index contributed by atoms with van der Waals surface area (Å²) < 4.78 is 28.2. The molecule has 2 fully saturated rings. The molecule has 2 aliphatic carbocycles. The Morgan fingerprint density at radius 3 is 2.45 bits per heavy atom. The lowest BCUT2D eigenvalue weighted by molar-refractivity contribution is 0.580. The highest BCUT2D eigenvalue weighted by Crippen LogP contribution is 2.30. The van der Waals surface area contributed by atoms with Gasteiger partial charge in [-0.2, -0.15) is 0 Å². The molecule has 110 valence electrons. The number of hydrogen-bond acceptors (Lipinski definition) is 3.